The molecule has 0 N–H and O–H groups in total. The van der Waals surface area contributed by atoms with Crippen LogP contribution in [0.15, 0.2) is 46.5 Å². The average Bonchev–Trinajstić information content (AvgIpc) is 2.79. The summed E-state index contributed by atoms with van der Waals surface area (Å²) in [5, 5.41) is 0. The molecule has 0 aliphatic carbocycles. The Morgan fingerprint density at radius 1 is 1.10 bits per heavy atom. The summed E-state index contributed by atoms with van der Waals surface area (Å²) in [6.07, 6.45) is 3.44. The predicted octanol–water partition coefficient (Wildman–Crippen LogP) is 0.988. The number of fused-ring (bicyclic) bond motifs is 1. The van der Waals surface area contributed by atoms with Crippen molar-refractivity contribution in [3.05, 3.63) is 36.7 Å². The Hall–Kier alpha value is -2.37. The second kappa shape index (κ2) is 9.01. The molecule has 1 fully saturated rings. The molecule has 1 amide bonds. The number of hydrogen-bond acceptors (Lipinski definition) is 8. The second-order valence-electron chi connectivity index (χ2n) is 7.60. The molecule has 4 rings (SSSR count). The number of hydrogen-bond donors (Lipinski definition) is 0. The van der Waals surface area contributed by atoms with Crippen LogP contribution in [0.4, 0.5) is 11.6 Å². The third kappa shape index (κ3) is 4.63. The molecule has 31 heavy (non-hydrogen) atoms. The van der Waals surface area contributed by atoms with E-state index in [2.05, 4.69) is 14.9 Å². The van der Waals surface area contributed by atoms with Gasteiger partial charge in [0.1, 0.15) is 0 Å². The standard InChI is InChI=1S/C20H26N6O3S2/c1-23(2)31(28,29)16-4-5-18-17(14-16)26(12-13-30-18)15-19(27)24-8-10-25(11-9-24)20-21-6-3-7-22-20/h3-7,14H,8-13,15H2,1-2H3. The van der Waals surface area contributed by atoms with Crippen LogP contribution in [0.3, 0.4) is 0 Å². The fourth-order valence-electron chi connectivity index (χ4n) is 3.66. The number of sulfonamides is 1. The zero-order valence-electron chi connectivity index (χ0n) is 17.6. The zero-order chi connectivity index (χ0) is 22.0. The number of piperazine rings is 1. The Morgan fingerprint density at radius 3 is 2.48 bits per heavy atom. The SMILES string of the molecule is CN(C)S(=O)(=O)c1ccc2c(c1)N(CC(=O)N1CCN(c3ncccn3)CC1)CCS2. The van der Waals surface area contributed by atoms with Crippen LogP contribution in [-0.2, 0) is 14.8 Å². The number of nitrogens with zero attached hydrogens (tertiary/aromatic N) is 6. The number of benzene rings is 1. The molecule has 0 spiro atoms. The summed E-state index contributed by atoms with van der Waals surface area (Å²) < 4.78 is 26.3. The van der Waals surface area contributed by atoms with E-state index in [1.54, 1.807) is 42.4 Å². The minimum absolute atomic E-state index is 0.0485. The maximum atomic E-state index is 13.0. The van der Waals surface area contributed by atoms with Gasteiger partial charge in [-0.05, 0) is 24.3 Å². The first-order chi connectivity index (χ1) is 14.9. The van der Waals surface area contributed by atoms with Crippen LogP contribution >= 0.6 is 11.8 Å². The topological polar surface area (TPSA) is 90.0 Å². The number of carbonyl (C=O) groups is 1. The molecular weight excluding hydrogens is 436 g/mol. The van der Waals surface area contributed by atoms with Crippen molar-refractivity contribution in [1.29, 1.82) is 0 Å². The molecule has 1 aromatic carbocycles. The molecule has 9 nitrogen and oxygen atoms in total. The van der Waals surface area contributed by atoms with Gasteiger partial charge in [-0.15, -0.1) is 11.8 Å². The van der Waals surface area contributed by atoms with Gasteiger partial charge in [-0.1, -0.05) is 0 Å². The molecule has 0 radical (unpaired) electrons. The molecule has 0 bridgehead atoms. The van der Waals surface area contributed by atoms with Gasteiger partial charge in [0.15, 0.2) is 0 Å². The smallest absolute Gasteiger partial charge is 0.242 e. The Kier molecular flexibility index (Phi) is 6.35. The molecule has 0 saturated carbocycles. The Bertz CT molecular complexity index is 1040. The van der Waals surface area contributed by atoms with Gasteiger partial charge < -0.3 is 14.7 Å². The number of rotatable bonds is 5. The van der Waals surface area contributed by atoms with E-state index >= 15 is 0 Å². The lowest BCUT2D eigenvalue weighted by atomic mass is 10.2. The summed E-state index contributed by atoms with van der Waals surface area (Å²) in [7, 11) is -0.493. The normalized spacial score (nSPS) is 17.1. The molecule has 1 aromatic heterocycles. The second-order valence-corrected chi connectivity index (χ2v) is 10.9. The minimum atomic E-state index is -3.53. The average molecular weight is 463 g/mol. The first kappa shape index (κ1) is 21.8. The van der Waals surface area contributed by atoms with Crippen LogP contribution in [0.25, 0.3) is 0 Å². The third-order valence-electron chi connectivity index (χ3n) is 5.46. The van der Waals surface area contributed by atoms with E-state index in [4.69, 9.17) is 0 Å². The quantitative estimate of drug-likeness (QED) is 0.650. The highest BCUT2D eigenvalue weighted by Gasteiger charge is 2.27. The molecule has 2 aliphatic heterocycles. The van der Waals surface area contributed by atoms with Gasteiger partial charge in [-0.3, -0.25) is 4.79 Å². The summed E-state index contributed by atoms with van der Waals surface area (Å²) in [6.45, 7) is 3.54. The fraction of sp³-hybridized carbons (Fsp3) is 0.450. The first-order valence-electron chi connectivity index (χ1n) is 10.1. The number of thioether (sulfide) groups is 1. The zero-order valence-corrected chi connectivity index (χ0v) is 19.3. The Morgan fingerprint density at radius 2 is 1.81 bits per heavy atom. The lowest BCUT2D eigenvalue weighted by Crippen LogP contribution is -2.52. The van der Waals surface area contributed by atoms with Crippen molar-refractivity contribution < 1.29 is 13.2 Å². The summed E-state index contributed by atoms with van der Waals surface area (Å²) in [6, 6.07) is 6.95. The van der Waals surface area contributed by atoms with E-state index in [0.29, 0.717) is 38.7 Å². The van der Waals surface area contributed by atoms with E-state index in [9.17, 15) is 13.2 Å². The van der Waals surface area contributed by atoms with Crippen molar-refractivity contribution in [3.8, 4) is 0 Å². The predicted molar refractivity (Wildman–Crippen MR) is 121 cm³/mol. The Labute approximate surface area is 187 Å². The lowest BCUT2D eigenvalue weighted by molar-refractivity contribution is -0.130. The fourth-order valence-corrected chi connectivity index (χ4v) is 5.62. The molecular formula is C20H26N6O3S2. The van der Waals surface area contributed by atoms with Crippen LogP contribution in [0.1, 0.15) is 0 Å². The highest BCUT2D eigenvalue weighted by atomic mass is 32.2. The van der Waals surface area contributed by atoms with Crippen LogP contribution in [0.5, 0.6) is 0 Å². The minimum Gasteiger partial charge on any atom is -0.360 e. The van der Waals surface area contributed by atoms with Gasteiger partial charge in [0.25, 0.3) is 0 Å². The van der Waals surface area contributed by atoms with Crippen LogP contribution in [0.2, 0.25) is 0 Å². The van der Waals surface area contributed by atoms with E-state index in [1.165, 1.54) is 18.4 Å². The lowest BCUT2D eigenvalue weighted by Gasteiger charge is -2.37. The van der Waals surface area contributed by atoms with Crippen LogP contribution < -0.4 is 9.80 Å². The monoisotopic (exact) mass is 462 g/mol. The summed E-state index contributed by atoms with van der Waals surface area (Å²) >= 11 is 1.69. The maximum absolute atomic E-state index is 13.0. The Balaban J connectivity index is 1.44. The van der Waals surface area contributed by atoms with Crippen molar-refractivity contribution in [2.75, 3.05) is 68.9 Å². The highest BCUT2D eigenvalue weighted by molar-refractivity contribution is 7.99. The van der Waals surface area contributed by atoms with Crippen molar-refractivity contribution in [3.63, 3.8) is 0 Å². The molecule has 166 valence electrons. The molecule has 2 aliphatic rings. The number of amides is 1. The van der Waals surface area contributed by atoms with Crippen molar-refractivity contribution in [2.45, 2.75) is 9.79 Å². The number of carbonyl (C=O) groups excluding carboxylic acids is 1. The van der Waals surface area contributed by atoms with Crippen molar-refractivity contribution in [2.24, 2.45) is 0 Å². The number of aromatic nitrogens is 2. The summed E-state index contributed by atoms with van der Waals surface area (Å²) in [5.41, 5.74) is 0.809. The van der Waals surface area contributed by atoms with Gasteiger partial charge >= 0.3 is 0 Å². The van der Waals surface area contributed by atoms with E-state index < -0.39 is 10.0 Å². The van der Waals surface area contributed by atoms with Gasteiger partial charge in [0.2, 0.25) is 21.9 Å². The largest absolute Gasteiger partial charge is 0.360 e. The summed E-state index contributed by atoms with van der Waals surface area (Å²) in [4.78, 5) is 28.8. The van der Waals surface area contributed by atoms with Gasteiger partial charge in [0.05, 0.1) is 17.1 Å². The highest BCUT2D eigenvalue weighted by Crippen LogP contribution is 2.36. The number of anilines is 2. The summed E-state index contributed by atoms with van der Waals surface area (Å²) in [5.74, 6) is 1.60. The third-order valence-corrected chi connectivity index (χ3v) is 8.32. The first-order valence-corrected chi connectivity index (χ1v) is 12.5. The maximum Gasteiger partial charge on any atom is 0.242 e. The van der Waals surface area contributed by atoms with Gasteiger partial charge in [0, 0.05) is 69.9 Å². The van der Waals surface area contributed by atoms with E-state index in [-0.39, 0.29) is 17.3 Å². The van der Waals surface area contributed by atoms with Crippen molar-refractivity contribution in [1.82, 2.24) is 19.2 Å². The molecule has 0 atom stereocenters. The van der Waals surface area contributed by atoms with E-state index in [1.807, 2.05) is 15.9 Å². The van der Waals surface area contributed by atoms with Crippen LogP contribution in [-0.4, -0.2) is 92.6 Å². The molecule has 1 saturated heterocycles. The molecule has 3 heterocycles. The molecule has 0 unspecified atom stereocenters. The van der Waals surface area contributed by atoms with Gasteiger partial charge in [-0.25, -0.2) is 22.7 Å². The van der Waals surface area contributed by atoms with E-state index in [0.717, 1.165) is 16.3 Å². The van der Waals surface area contributed by atoms with Crippen LogP contribution in [0, 0.1) is 0 Å². The van der Waals surface area contributed by atoms with Crippen molar-refractivity contribution >= 4 is 39.3 Å². The van der Waals surface area contributed by atoms with Gasteiger partial charge in [-0.2, -0.15) is 0 Å². The molecule has 11 heteroatoms. The molecule has 2 aromatic rings.